The van der Waals surface area contributed by atoms with Crippen LogP contribution in [0.5, 0.6) is 0 Å². The van der Waals surface area contributed by atoms with Gasteiger partial charge >= 0.3 is 11.9 Å². The summed E-state index contributed by atoms with van der Waals surface area (Å²) in [4.78, 5) is 60.6. The van der Waals surface area contributed by atoms with E-state index < -0.39 is 52.8 Å². The van der Waals surface area contributed by atoms with Gasteiger partial charge in [0.25, 0.3) is 5.91 Å². The molecule has 4 N–H and O–H groups in total. The van der Waals surface area contributed by atoms with E-state index in [-0.39, 0.29) is 34.7 Å². The van der Waals surface area contributed by atoms with E-state index in [1.807, 2.05) is 0 Å². The van der Waals surface area contributed by atoms with Gasteiger partial charge in [-0.15, -0.1) is 22.0 Å². The number of hydrogen-bond acceptors (Lipinski definition) is 16. The Kier molecular flexibility index (Phi) is 8.62. The third-order valence-electron chi connectivity index (χ3n) is 5.32. The smallest absolute Gasteiger partial charge is 0.347 e. The van der Waals surface area contributed by atoms with Crippen molar-refractivity contribution >= 4 is 81.0 Å². The number of carboxylic acid groups (broad SMARTS) is 1. The van der Waals surface area contributed by atoms with Crippen molar-refractivity contribution < 1.29 is 33.9 Å². The second kappa shape index (κ2) is 11.6. The van der Waals surface area contributed by atoms with Crippen LogP contribution in [0.2, 0.25) is 0 Å². The molecule has 0 radical (unpaired) electrons. The number of aliphatic carboxylic acids is 1. The van der Waals surface area contributed by atoms with Crippen molar-refractivity contribution in [3.63, 3.8) is 0 Å². The predicted molar refractivity (Wildman–Crippen MR) is 143 cm³/mol. The number of aromatic nitrogens is 4. The van der Waals surface area contributed by atoms with Crippen molar-refractivity contribution in [2.45, 2.75) is 42.1 Å². The van der Waals surface area contributed by atoms with Crippen molar-refractivity contribution in [3.8, 4) is 0 Å². The number of nitrogens with two attached hydrogens (primary N) is 1. The maximum Gasteiger partial charge on any atom is 0.347 e. The Morgan fingerprint density at radius 2 is 2.15 bits per heavy atom. The van der Waals surface area contributed by atoms with E-state index in [4.69, 9.17) is 15.3 Å². The normalized spacial score (nSPS) is 23.0. The van der Waals surface area contributed by atoms with Gasteiger partial charge in [-0.1, -0.05) is 28.3 Å². The molecule has 2 aromatic rings. The van der Waals surface area contributed by atoms with Crippen LogP contribution in [0.15, 0.2) is 15.0 Å². The number of amides is 2. The Morgan fingerprint density at radius 3 is 2.77 bits per heavy atom. The molecule has 4 rings (SSSR count). The van der Waals surface area contributed by atoms with E-state index in [1.165, 1.54) is 39.8 Å². The third kappa shape index (κ3) is 6.76. The summed E-state index contributed by atoms with van der Waals surface area (Å²) in [6.45, 7) is 4.48. The lowest BCUT2D eigenvalue weighted by atomic mass is 9.89. The molecule has 3 atom stereocenters. The van der Waals surface area contributed by atoms with Crippen molar-refractivity contribution in [2.24, 2.45) is 10.6 Å². The Balaban J connectivity index is 1.41. The predicted octanol–water partition coefficient (Wildman–Crippen LogP) is 0.297. The van der Waals surface area contributed by atoms with Gasteiger partial charge in [-0.05, 0) is 20.8 Å². The summed E-state index contributed by atoms with van der Waals surface area (Å²) in [5.41, 5.74) is 4.89. The molecule has 0 aromatic carbocycles. The van der Waals surface area contributed by atoms with Gasteiger partial charge in [0.05, 0.1) is 0 Å². The van der Waals surface area contributed by atoms with Crippen molar-refractivity contribution in [2.75, 3.05) is 30.4 Å². The summed E-state index contributed by atoms with van der Waals surface area (Å²) >= 11 is 4.66. The lowest BCUT2D eigenvalue weighted by Crippen LogP contribution is -2.74. The van der Waals surface area contributed by atoms with E-state index >= 15 is 0 Å². The number of carbonyl (C=O) groups excluding carboxylic acids is 3. The number of β-lactam (4-membered cyclic amide) rings is 1. The van der Waals surface area contributed by atoms with Crippen LogP contribution in [0.3, 0.4) is 0 Å². The highest BCUT2D eigenvalue weighted by Crippen LogP contribution is 2.44. The van der Waals surface area contributed by atoms with Crippen LogP contribution < -0.4 is 11.1 Å². The molecule has 210 valence electrons. The minimum Gasteiger partial charge on any atom is -0.481 e. The molecule has 2 aromatic heterocycles. The molecule has 2 saturated heterocycles. The zero-order valence-corrected chi connectivity index (χ0v) is 24.1. The fourth-order valence-corrected chi connectivity index (χ4v) is 7.36. The molecule has 15 nitrogen and oxygen atoms in total. The first-order valence-corrected chi connectivity index (χ1v) is 14.9. The quantitative estimate of drug-likeness (QED) is 0.108. The van der Waals surface area contributed by atoms with Crippen molar-refractivity contribution in [1.29, 1.82) is 0 Å². The molecule has 0 aliphatic carbocycles. The molecule has 0 bridgehead atoms. The Hall–Kier alpha value is -3.03. The van der Waals surface area contributed by atoms with Crippen LogP contribution in [-0.4, -0.2) is 101 Å². The molecule has 0 saturated carbocycles. The summed E-state index contributed by atoms with van der Waals surface area (Å²) in [6, 6.07) is -0.933. The minimum atomic E-state index is -1.19. The highest BCUT2D eigenvalue weighted by molar-refractivity contribution is 8.01. The molecule has 2 aliphatic heterocycles. The summed E-state index contributed by atoms with van der Waals surface area (Å²) in [5, 5.41) is 23.6. The van der Waals surface area contributed by atoms with E-state index in [1.54, 1.807) is 26.3 Å². The average molecular weight is 617 g/mol. The summed E-state index contributed by atoms with van der Waals surface area (Å²) in [7, 11) is 0. The van der Waals surface area contributed by atoms with Crippen LogP contribution in [0, 0.1) is 5.41 Å². The maximum absolute atomic E-state index is 13.1. The van der Waals surface area contributed by atoms with E-state index in [9.17, 15) is 24.3 Å². The maximum atomic E-state index is 13.1. The number of oxime groups is 1. The second-order valence-electron chi connectivity index (χ2n) is 9.45. The number of ether oxygens (including phenoxy) is 1. The number of rotatable bonds is 10. The van der Waals surface area contributed by atoms with Gasteiger partial charge in [-0.25, -0.2) is 4.79 Å². The van der Waals surface area contributed by atoms with E-state index in [2.05, 4.69) is 30.0 Å². The number of hydrogen-bond donors (Lipinski definition) is 3. The first-order valence-electron chi connectivity index (χ1n) is 11.3. The van der Waals surface area contributed by atoms with Gasteiger partial charge in [0.2, 0.25) is 24.1 Å². The molecule has 0 spiro atoms. The van der Waals surface area contributed by atoms with Gasteiger partial charge in [0.1, 0.15) is 27.9 Å². The fraction of sp³-hybridized carbons (Fsp3) is 0.550. The zero-order chi connectivity index (χ0) is 28.4. The largest absolute Gasteiger partial charge is 0.481 e. The summed E-state index contributed by atoms with van der Waals surface area (Å²) < 4.78 is 9.75. The number of carbonyl (C=O) groups is 4. The van der Waals surface area contributed by atoms with Crippen LogP contribution in [0.4, 0.5) is 5.13 Å². The summed E-state index contributed by atoms with van der Waals surface area (Å²) in [6.07, 6.45) is 0. The number of esters is 1. The topological polar surface area (TPSA) is 212 Å². The first-order chi connectivity index (χ1) is 18.4. The molecule has 2 fully saturated rings. The van der Waals surface area contributed by atoms with Crippen molar-refractivity contribution in [1.82, 2.24) is 29.8 Å². The van der Waals surface area contributed by atoms with Gasteiger partial charge in [0.15, 0.2) is 9.47 Å². The Labute approximate surface area is 238 Å². The van der Waals surface area contributed by atoms with Gasteiger partial charge in [0, 0.05) is 29.6 Å². The number of thioether (sulfide) groups is 2. The van der Waals surface area contributed by atoms with E-state index in [0.29, 0.717) is 4.34 Å². The zero-order valence-electron chi connectivity index (χ0n) is 20.9. The minimum absolute atomic E-state index is 0.0128. The van der Waals surface area contributed by atoms with Crippen LogP contribution in [-0.2, 0) is 28.8 Å². The van der Waals surface area contributed by atoms with Crippen LogP contribution in [0.1, 0.15) is 26.6 Å². The lowest BCUT2D eigenvalue weighted by Gasteiger charge is -2.53. The van der Waals surface area contributed by atoms with Crippen LogP contribution in [0.25, 0.3) is 0 Å². The average Bonchev–Trinajstić information content (AvgIpc) is 3.54. The molecule has 4 heterocycles. The fourth-order valence-electron chi connectivity index (χ4n) is 3.58. The lowest BCUT2D eigenvalue weighted by molar-refractivity contribution is -0.160. The number of nitrogens with zero attached hydrogens (tertiary/aromatic N) is 6. The highest BCUT2D eigenvalue weighted by atomic mass is 32.2. The molecule has 2 amide bonds. The Morgan fingerprint density at radius 1 is 1.38 bits per heavy atom. The van der Waals surface area contributed by atoms with Gasteiger partial charge < -0.3 is 30.6 Å². The number of nitrogens with one attached hydrogen (secondary N) is 1. The summed E-state index contributed by atoms with van der Waals surface area (Å²) in [5.74, 6) is -2.69. The monoisotopic (exact) mass is 616 g/mol. The number of anilines is 1. The molecular weight excluding hydrogens is 593 g/mol. The molecule has 19 heteroatoms. The van der Waals surface area contributed by atoms with Crippen molar-refractivity contribution in [3.05, 3.63) is 11.3 Å². The van der Waals surface area contributed by atoms with Crippen LogP contribution >= 0.6 is 46.4 Å². The number of nitrogen functional groups attached to an aromatic ring is 1. The standard InChI is InChI=1S/C20H24N8O7S4/c1-19(2,3)35-9(29)4-34-26-10(12-24-17(21)39-27-12)13(30)23-11-14(31)28-5-20(16(32)33,6-36-15(11)28)7-37-18-25-22-8-38-18/h8,11,15H,4-7H2,1-3H3,(H,23,30)(H,32,33)(H2,21,24,27)/t11?,15-,20?/m1/s1. The number of carboxylic acids is 1. The number of fused-ring (bicyclic) bond motifs is 1. The molecule has 2 unspecified atom stereocenters. The third-order valence-corrected chi connectivity index (χ3v) is 9.60. The first kappa shape index (κ1) is 29.0. The Bertz CT molecular complexity index is 1280. The van der Waals surface area contributed by atoms with Gasteiger partial charge in [-0.3, -0.25) is 14.4 Å². The second-order valence-corrected chi connectivity index (χ2v) is 13.4. The SMILES string of the molecule is CC(C)(C)OC(=O)CON=C(C(=O)NC1C(=O)N2CC(CSc3nncs3)(C(=O)O)CS[C@H]12)c1nsc(N)n1. The van der Waals surface area contributed by atoms with E-state index in [0.717, 1.165) is 11.5 Å². The van der Waals surface area contributed by atoms with Gasteiger partial charge in [-0.2, -0.15) is 9.36 Å². The molecule has 39 heavy (non-hydrogen) atoms. The molecule has 2 aliphatic rings. The highest BCUT2D eigenvalue weighted by Gasteiger charge is 2.57. The molecular formula is C20H24N8O7S4.